The summed E-state index contributed by atoms with van der Waals surface area (Å²) in [7, 11) is 0. The van der Waals surface area contributed by atoms with Crippen LogP contribution in [0.5, 0.6) is 0 Å². The third kappa shape index (κ3) is 3.20. The van der Waals surface area contributed by atoms with Crippen LogP contribution in [0.3, 0.4) is 0 Å². The molecule has 0 radical (unpaired) electrons. The maximum absolute atomic E-state index is 13.1. The maximum Gasteiger partial charge on any atom is 0.258 e. The van der Waals surface area contributed by atoms with Crippen LogP contribution in [-0.2, 0) is 0 Å². The average molecular weight is 352 g/mol. The second-order valence-electron chi connectivity index (χ2n) is 6.64. The largest absolute Gasteiger partial charge is 0.369 e. The van der Waals surface area contributed by atoms with Crippen molar-refractivity contribution < 1.29 is 4.39 Å². The standard InChI is InChI=1S/C20H21FN4O/c1-14(19-22-18-5-3-2-4-17(18)20(26)23-19)24-10-12-25(13-11-24)16-8-6-15(21)7-9-16/h2-9,14H,10-13H2,1H3,(H,22,23,26)/t14-/m1/s1. The van der Waals surface area contributed by atoms with Crippen LogP contribution in [0.2, 0.25) is 0 Å². The van der Waals surface area contributed by atoms with Crippen molar-refractivity contribution in [3.8, 4) is 0 Å². The molecule has 0 amide bonds. The zero-order valence-electron chi connectivity index (χ0n) is 14.7. The summed E-state index contributed by atoms with van der Waals surface area (Å²) in [5.74, 6) is 0.483. The molecule has 0 unspecified atom stereocenters. The van der Waals surface area contributed by atoms with E-state index in [1.807, 2.05) is 30.3 Å². The van der Waals surface area contributed by atoms with Crippen molar-refractivity contribution in [2.24, 2.45) is 0 Å². The number of hydrogen-bond donors (Lipinski definition) is 1. The summed E-state index contributed by atoms with van der Waals surface area (Å²) in [6, 6.07) is 14.0. The Labute approximate surface area is 151 Å². The molecule has 0 saturated carbocycles. The molecule has 26 heavy (non-hydrogen) atoms. The van der Waals surface area contributed by atoms with Crippen LogP contribution < -0.4 is 10.5 Å². The fourth-order valence-corrected chi connectivity index (χ4v) is 3.49. The molecular formula is C20H21FN4O. The summed E-state index contributed by atoms with van der Waals surface area (Å²) in [5, 5.41) is 0.615. The third-order valence-electron chi connectivity index (χ3n) is 5.08. The fourth-order valence-electron chi connectivity index (χ4n) is 3.49. The summed E-state index contributed by atoms with van der Waals surface area (Å²) >= 11 is 0. The van der Waals surface area contributed by atoms with Crippen LogP contribution in [0.1, 0.15) is 18.8 Å². The maximum atomic E-state index is 13.1. The molecule has 134 valence electrons. The number of nitrogens with one attached hydrogen (secondary N) is 1. The summed E-state index contributed by atoms with van der Waals surface area (Å²) < 4.78 is 13.1. The molecule has 1 fully saturated rings. The molecule has 1 aromatic heterocycles. The Kier molecular flexibility index (Phi) is 4.42. The lowest BCUT2D eigenvalue weighted by Crippen LogP contribution is -2.47. The molecule has 0 spiro atoms. The number of nitrogens with zero attached hydrogens (tertiary/aromatic N) is 3. The van der Waals surface area contributed by atoms with Gasteiger partial charge in [0.05, 0.1) is 16.9 Å². The first-order chi connectivity index (χ1) is 12.6. The zero-order valence-corrected chi connectivity index (χ0v) is 14.7. The van der Waals surface area contributed by atoms with E-state index in [2.05, 4.69) is 26.7 Å². The molecule has 1 aliphatic rings. The van der Waals surface area contributed by atoms with Gasteiger partial charge in [0.25, 0.3) is 5.56 Å². The zero-order chi connectivity index (χ0) is 18.1. The molecule has 1 N–H and O–H groups in total. The van der Waals surface area contributed by atoms with E-state index in [1.54, 1.807) is 6.07 Å². The number of anilines is 1. The van der Waals surface area contributed by atoms with E-state index in [1.165, 1.54) is 12.1 Å². The lowest BCUT2D eigenvalue weighted by Gasteiger charge is -2.38. The minimum atomic E-state index is -0.215. The molecule has 3 aromatic rings. The van der Waals surface area contributed by atoms with Gasteiger partial charge in [-0.25, -0.2) is 9.37 Å². The van der Waals surface area contributed by atoms with Gasteiger partial charge in [-0.15, -0.1) is 0 Å². The second-order valence-corrected chi connectivity index (χ2v) is 6.64. The molecule has 2 heterocycles. The van der Waals surface area contributed by atoms with Crippen LogP contribution in [0.4, 0.5) is 10.1 Å². The Bertz CT molecular complexity index is 961. The lowest BCUT2D eigenvalue weighted by molar-refractivity contribution is 0.191. The summed E-state index contributed by atoms with van der Waals surface area (Å²) in [6.45, 7) is 5.49. The minimum Gasteiger partial charge on any atom is -0.369 e. The first-order valence-corrected chi connectivity index (χ1v) is 8.85. The fraction of sp³-hybridized carbons (Fsp3) is 0.300. The second kappa shape index (κ2) is 6.88. The predicted molar refractivity (Wildman–Crippen MR) is 101 cm³/mol. The number of fused-ring (bicyclic) bond motifs is 1. The minimum absolute atomic E-state index is 0.0303. The van der Waals surface area contributed by atoms with Gasteiger partial charge in [0.2, 0.25) is 0 Å². The lowest BCUT2D eigenvalue weighted by atomic mass is 10.2. The Morgan fingerprint density at radius 2 is 1.73 bits per heavy atom. The summed E-state index contributed by atoms with van der Waals surface area (Å²) in [6.07, 6.45) is 0. The number of hydrogen-bond acceptors (Lipinski definition) is 4. The number of aromatic nitrogens is 2. The molecule has 1 aliphatic heterocycles. The SMILES string of the molecule is C[C@H](c1nc2ccccc2c(=O)[nH]1)N1CCN(c2ccc(F)cc2)CC1. The van der Waals surface area contributed by atoms with Gasteiger partial charge in [-0.3, -0.25) is 9.69 Å². The van der Waals surface area contributed by atoms with Crippen LogP contribution in [0.25, 0.3) is 10.9 Å². The van der Waals surface area contributed by atoms with Crippen molar-refractivity contribution in [1.82, 2.24) is 14.9 Å². The molecule has 0 aliphatic carbocycles. The number of para-hydroxylation sites is 1. The predicted octanol–water partition coefficient (Wildman–Crippen LogP) is 2.95. The Morgan fingerprint density at radius 3 is 2.46 bits per heavy atom. The van der Waals surface area contributed by atoms with Gasteiger partial charge in [0, 0.05) is 31.9 Å². The molecular weight excluding hydrogens is 331 g/mol. The number of piperazine rings is 1. The number of rotatable bonds is 3. The van der Waals surface area contributed by atoms with Crippen LogP contribution in [-0.4, -0.2) is 41.0 Å². The highest BCUT2D eigenvalue weighted by Crippen LogP contribution is 2.22. The quantitative estimate of drug-likeness (QED) is 0.787. The van der Waals surface area contributed by atoms with Crippen LogP contribution >= 0.6 is 0 Å². The van der Waals surface area contributed by atoms with Gasteiger partial charge in [-0.2, -0.15) is 0 Å². The van der Waals surface area contributed by atoms with Gasteiger partial charge in [-0.05, 0) is 43.3 Å². The van der Waals surface area contributed by atoms with Gasteiger partial charge < -0.3 is 9.88 Å². The molecule has 5 nitrogen and oxygen atoms in total. The first-order valence-electron chi connectivity index (χ1n) is 8.85. The first kappa shape index (κ1) is 16.7. The van der Waals surface area contributed by atoms with Crippen molar-refractivity contribution in [1.29, 1.82) is 0 Å². The molecule has 6 heteroatoms. The van der Waals surface area contributed by atoms with Gasteiger partial charge in [0.1, 0.15) is 11.6 Å². The van der Waals surface area contributed by atoms with E-state index in [-0.39, 0.29) is 17.4 Å². The van der Waals surface area contributed by atoms with E-state index in [9.17, 15) is 9.18 Å². The average Bonchev–Trinajstić information content (AvgIpc) is 2.68. The van der Waals surface area contributed by atoms with E-state index >= 15 is 0 Å². The van der Waals surface area contributed by atoms with Gasteiger partial charge >= 0.3 is 0 Å². The summed E-state index contributed by atoms with van der Waals surface area (Å²) in [5.41, 5.74) is 1.67. The highest BCUT2D eigenvalue weighted by Gasteiger charge is 2.24. The molecule has 2 aromatic carbocycles. The number of H-pyrrole nitrogens is 1. The molecule has 1 saturated heterocycles. The Balaban J connectivity index is 1.49. The Morgan fingerprint density at radius 1 is 1.04 bits per heavy atom. The van der Waals surface area contributed by atoms with Gasteiger partial charge in [0.15, 0.2) is 0 Å². The number of benzene rings is 2. The molecule has 0 bridgehead atoms. The monoisotopic (exact) mass is 352 g/mol. The highest BCUT2D eigenvalue weighted by molar-refractivity contribution is 5.77. The normalized spacial score (nSPS) is 16.8. The summed E-state index contributed by atoms with van der Waals surface area (Å²) in [4.78, 5) is 24.4. The smallest absolute Gasteiger partial charge is 0.258 e. The van der Waals surface area contributed by atoms with Crippen molar-refractivity contribution in [2.45, 2.75) is 13.0 Å². The van der Waals surface area contributed by atoms with Crippen molar-refractivity contribution in [3.63, 3.8) is 0 Å². The Hall–Kier alpha value is -2.73. The van der Waals surface area contributed by atoms with Crippen molar-refractivity contribution in [2.75, 3.05) is 31.1 Å². The van der Waals surface area contributed by atoms with E-state index in [4.69, 9.17) is 0 Å². The topological polar surface area (TPSA) is 52.2 Å². The van der Waals surface area contributed by atoms with E-state index in [0.29, 0.717) is 11.2 Å². The van der Waals surface area contributed by atoms with Crippen LogP contribution in [0.15, 0.2) is 53.3 Å². The molecule has 4 rings (SSSR count). The highest BCUT2D eigenvalue weighted by atomic mass is 19.1. The van der Waals surface area contributed by atoms with Crippen LogP contribution in [0, 0.1) is 5.82 Å². The van der Waals surface area contributed by atoms with Crippen molar-refractivity contribution in [3.05, 3.63) is 70.5 Å². The van der Waals surface area contributed by atoms with E-state index < -0.39 is 0 Å². The molecule has 1 atom stereocenters. The third-order valence-corrected chi connectivity index (χ3v) is 5.08. The van der Waals surface area contributed by atoms with E-state index in [0.717, 1.165) is 37.4 Å². The van der Waals surface area contributed by atoms with Crippen molar-refractivity contribution >= 4 is 16.6 Å². The van der Waals surface area contributed by atoms with Gasteiger partial charge in [-0.1, -0.05) is 12.1 Å². The number of halogens is 1. The number of aromatic amines is 1.